The normalized spacial score (nSPS) is 13.5. The minimum atomic E-state index is -0.307. The highest BCUT2D eigenvalue weighted by Gasteiger charge is 2.16. The molecule has 3 rings (SSSR count). The molecule has 2 aromatic carbocycles. The zero-order valence-electron chi connectivity index (χ0n) is 11.6. The number of rotatable bonds is 3. The average molecular weight is 334 g/mol. The topological polar surface area (TPSA) is 53.5 Å². The van der Waals surface area contributed by atoms with Crippen LogP contribution in [0, 0.1) is 0 Å². The van der Waals surface area contributed by atoms with Crippen molar-refractivity contribution in [2.75, 3.05) is 18.4 Å². The molecule has 0 atom stereocenters. The lowest BCUT2D eigenvalue weighted by Gasteiger charge is -2.12. The molecule has 0 aromatic heterocycles. The molecule has 0 saturated carbocycles. The molecule has 4 nitrogen and oxygen atoms in total. The lowest BCUT2D eigenvalue weighted by atomic mass is 10.1. The summed E-state index contributed by atoms with van der Waals surface area (Å²) < 4.78 is 0. The predicted octanol–water partition coefficient (Wildman–Crippen LogP) is 3.60. The standard InChI is InChI=1S/C16H13Cl2N3O/c17-10-5-6-13(18)12(9-10)16(22)21-14-4-2-1-3-11(14)15-19-7-8-20-15/h1-6,9H,7-8H2,(H,19,20)(H,21,22). The molecular formula is C16H13Cl2N3O. The molecule has 0 aliphatic carbocycles. The lowest BCUT2D eigenvalue weighted by molar-refractivity contribution is 0.102. The number of amides is 1. The van der Waals surface area contributed by atoms with Crippen LogP contribution in [-0.4, -0.2) is 24.8 Å². The van der Waals surface area contributed by atoms with E-state index in [0.29, 0.717) is 21.3 Å². The number of aliphatic imine (C=N–C) groups is 1. The van der Waals surface area contributed by atoms with Crippen molar-refractivity contribution in [1.29, 1.82) is 0 Å². The van der Waals surface area contributed by atoms with E-state index in [-0.39, 0.29) is 5.91 Å². The fourth-order valence-electron chi connectivity index (χ4n) is 2.24. The number of benzene rings is 2. The van der Waals surface area contributed by atoms with Gasteiger partial charge in [0, 0.05) is 17.1 Å². The molecule has 1 aliphatic heterocycles. The number of halogens is 2. The molecule has 0 unspecified atom stereocenters. The van der Waals surface area contributed by atoms with Crippen LogP contribution in [0.3, 0.4) is 0 Å². The Morgan fingerprint density at radius 1 is 1.18 bits per heavy atom. The minimum absolute atomic E-state index is 0.307. The third-order valence-electron chi connectivity index (χ3n) is 3.28. The smallest absolute Gasteiger partial charge is 0.257 e. The van der Waals surface area contributed by atoms with E-state index in [1.807, 2.05) is 24.3 Å². The summed E-state index contributed by atoms with van der Waals surface area (Å²) in [6.45, 7) is 1.54. The van der Waals surface area contributed by atoms with E-state index in [2.05, 4.69) is 15.6 Å². The van der Waals surface area contributed by atoms with Gasteiger partial charge >= 0.3 is 0 Å². The summed E-state index contributed by atoms with van der Waals surface area (Å²) in [5, 5.41) is 6.89. The molecule has 112 valence electrons. The van der Waals surface area contributed by atoms with Crippen LogP contribution < -0.4 is 10.6 Å². The van der Waals surface area contributed by atoms with E-state index >= 15 is 0 Å². The molecule has 22 heavy (non-hydrogen) atoms. The van der Waals surface area contributed by atoms with Gasteiger partial charge in [0.15, 0.2) is 0 Å². The van der Waals surface area contributed by atoms with Gasteiger partial charge in [-0.3, -0.25) is 9.79 Å². The molecule has 2 N–H and O–H groups in total. The van der Waals surface area contributed by atoms with E-state index in [1.165, 1.54) is 0 Å². The third-order valence-corrected chi connectivity index (χ3v) is 3.84. The summed E-state index contributed by atoms with van der Waals surface area (Å²) in [6, 6.07) is 12.3. The van der Waals surface area contributed by atoms with Gasteiger partial charge in [-0.15, -0.1) is 0 Å². The Morgan fingerprint density at radius 3 is 2.77 bits per heavy atom. The Morgan fingerprint density at radius 2 is 2.00 bits per heavy atom. The molecule has 1 amide bonds. The van der Waals surface area contributed by atoms with Crippen LogP contribution in [-0.2, 0) is 0 Å². The number of anilines is 1. The van der Waals surface area contributed by atoms with Crippen molar-refractivity contribution < 1.29 is 4.79 Å². The second-order valence-electron chi connectivity index (χ2n) is 4.78. The van der Waals surface area contributed by atoms with Gasteiger partial charge in [0.2, 0.25) is 0 Å². The SMILES string of the molecule is O=C(Nc1ccccc1C1=NCCN1)c1cc(Cl)ccc1Cl. The Hall–Kier alpha value is -2.04. The quantitative estimate of drug-likeness (QED) is 0.901. The Labute approximate surface area is 138 Å². The Bertz CT molecular complexity index is 759. The monoisotopic (exact) mass is 333 g/mol. The van der Waals surface area contributed by atoms with Crippen molar-refractivity contribution in [1.82, 2.24) is 5.32 Å². The van der Waals surface area contributed by atoms with Crippen LogP contribution in [0.15, 0.2) is 47.5 Å². The molecule has 1 aliphatic rings. The predicted molar refractivity (Wildman–Crippen MR) is 90.3 cm³/mol. The van der Waals surface area contributed by atoms with Crippen molar-refractivity contribution in [3.8, 4) is 0 Å². The number of carbonyl (C=O) groups is 1. The molecular weight excluding hydrogens is 321 g/mol. The average Bonchev–Trinajstić information content (AvgIpc) is 3.04. The fourth-order valence-corrected chi connectivity index (χ4v) is 2.61. The highest BCUT2D eigenvalue weighted by Crippen LogP contribution is 2.23. The van der Waals surface area contributed by atoms with E-state index in [1.54, 1.807) is 18.2 Å². The molecule has 6 heteroatoms. The van der Waals surface area contributed by atoms with Crippen molar-refractivity contribution in [3.05, 3.63) is 63.6 Å². The van der Waals surface area contributed by atoms with Crippen LogP contribution in [0.1, 0.15) is 15.9 Å². The maximum Gasteiger partial charge on any atom is 0.257 e. The molecule has 0 bridgehead atoms. The van der Waals surface area contributed by atoms with Crippen LogP contribution in [0.4, 0.5) is 5.69 Å². The number of para-hydroxylation sites is 1. The van der Waals surface area contributed by atoms with E-state index in [4.69, 9.17) is 23.2 Å². The summed E-state index contributed by atoms with van der Waals surface area (Å²) in [5.41, 5.74) is 1.87. The number of amidine groups is 1. The number of nitrogens with one attached hydrogen (secondary N) is 2. The van der Waals surface area contributed by atoms with Crippen molar-refractivity contribution in [2.45, 2.75) is 0 Å². The van der Waals surface area contributed by atoms with Crippen LogP contribution in [0.2, 0.25) is 10.0 Å². The Balaban J connectivity index is 1.90. The van der Waals surface area contributed by atoms with Crippen LogP contribution in [0.5, 0.6) is 0 Å². The first-order valence-electron chi connectivity index (χ1n) is 6.79. The van der Waals surface area contributed by atoms with Crippen molar-refractivity contribution >= 4 is 40.6 Å². The third kappa shape index (κ3) is 3.08. The zero-order valence-corrected chi connectivity index (χ0v) is 13.1. The summed E-state index contributed by atoms with van der Waals surface area (Å²) >= 11 is 12.0. The highest BCUT2D eigenvalue weighted by molar-refractivity contribution is 6.36. The van der Waals surface area contributed by atoms with Gasteiger partial charge in [-0.1, -0.05) is 35.3 Å². The summed E-state index contributed by atoms with van der Waals surface area (Å²) in [5.74, 6) is 0.478. The van der Waals surface area contributed by atoms with Gasteiger partial charge in [0.05, 0.1) is 22.8 Å². The second-order valence-corrected chi connectivity index (χ2v) is 5.62. The van der Waals surface area contributed by atoms with Gasteiger partial charge in [-0.05, 0) is 30.3 Å². The van der Waals surface area contributed by atoms with Crippen LogP contribution >= 0.6 is 23.2 Å². The van der Waals surface area contributed by atoms with Gasteiger partial charge in [-0.2, -0.15) is 0 Å². The summed E-state index contributed by atoms with van der Waals surface area (Å²) in [6.07, 6.45) is 0. The molecule has 1 heterocycles. The summed E-state index contributed by atoms with van der Waals surface area (Å²) in [7, 11) is 0. The van der Waals surface area contributed by atoms with Gasteiger partial charge in [0.1, 0.15) is 5.84 Å². The van der Waals surface area contributed by atoms with Gasteiger partial charge in [-0.25, -0.2) is 0 Å². The highest BCUT2D eigenvalue weighted by atomic mass is 35.5. The maximum absolute atomic E-state index is 12.4. The fraction of sp³-hybridized carbons (Fsp3) is 0.125. The first-order chi connectivity index (χ1) is 10.6. The molecule has 0 spiro atoms. The van der Waals surface area contributed by atoms with E-state index in [9.17, 15) is 4.79 Å². The molecule has 0 fully saturated rings. The summed E-state index contributed by atoms with van der Waals surface area (Å²) in [4.78, 5) is 16.8. The van der Waals surface area contributed by atoms with Gasteiger partial charge in [0.25, 0.3) is 5.91 Å². The molecule has 0 saturated heterocycles. The van der Waals surface area contributed by atoms with E-state index < -0.39 is 0 Å². The number of hydrogen-bond donors (Lipinski definition) is 2. The number of carbonyl (C=O) groups excluding carboxylic acids is 1. The Kier molecular flexibility index (Phi) is 4.32. The molecule has 2 aromatic rings. The van der Waals surface area contributed by atoms with Crippen molar-refractivity contribution in [3.63, 3.8) is 0 Å². The van der Waals surface area contributed by atoms with Crippen LogP contribution in [0.25, 0.3) is 0 Å². The lowest BCUT2D eigenvalue weighted by Crippen LogP contribution is -2.22. The first-order valence-corrected chi connectivity index (χ1v) is 7.55. The number of hydrogen-bond acceptors (Lipinski definition) is 3. The first kappa shape index (κ1) is 14.9. The molecule has 0 radical (unpaired) electrons. The minimum Gasteiger partial charge on any atom is -0.368 e. The largest absolute Gasteiger partial charge is 0.368 e. The zero-order chi connectivity index (χ0) is 15.5. The van der Waals surface area contributed by atoms with Gasteiger partial charge < -0.3 is 10.6 Å². The van der Waals surface area contributed by atoms with E-state index in [0.717, 1.165) is 24.5 Å². The number of nitrogens with zero attached hydrogens (tertiary/aromatic N) is 1. The maximum atomic E-state index is 12.4. The van der Waals surface area contributed by atoms with Crippen molar-refractivity contribution in [2.24, 2.45) is 4.99 Å². The second kappa shape index (κ2) is 6.38.